The molecule has 4 nitrogen and oxygen atoms in total. The van der Waals surface area contributed by atoms with E-state index in [2.05, 4.69) is 43.4 Å². The number of rotatable bonds is 9. The molecule has 2 aromatic rings. The highest BCUT2D eigenvalue weighted by Gasteiger charge is 2.06. The van der Waals surface area contributed by atoms with Gasteiger partial charge in [-0.15, -0.1) is 0 Å². The van der Waals surface area contributed by atoms with Crippen molar-refractivity contribution in [3.05, 3.63) is 59.7 Å². The van der Waals surface area contributed by atoms with Crippen LogP contribution in [0.1, 0.15) is 35.7 Å². The SMILES string of the molecule is CCCCOc1ccc(C(=O)Nc2ccc(CCN(C)C)cc2)cc1. The van der Waals surface area contributed by atoms with Crippen molar-refractivity contribution < 1.29 is 9.53 Å². The molecule has 0 spiro atoms. The lowest BCUT2D eigenvalue weighted by Crippen LogP contribution is -2.15. The van der Waals surface area contributed by atoms with E-state index in [4.69, 9.17) is 4.74 Å². The minimum absolute atomic E-state index is 0.110. The van der Waals surface area contributed by atoms with E-state index in [-0.39, 0.29) is 5.91 Å². The monoisotopic (exact) mass is 340 g/mol. The van der Waals surface area contributed by atoms with Crippen LogP contribution in [0.5, 0.6) is 5.75 Å². The maximum absolute atomic E-state index is 12.3. The summed E-state index contributed by atoms with van der Waals surface area (Å²) in [5.74, 6) is 0.691. The standard InChI is InChI=1S/C21H28N2O2/c1-4-5-16-25-20-12-8-18(9-13-20)21(24)22-19-10-6-17(7-11-19)14-15-23(2)3/h6-13H,4-5,14-16H2,1-3H3,(H,22,24). The normalized spacial score (nSPS) is 10.7. The summed E-state index contributed by atoms with van der Waals surface area (Å²) < 4.78 is 5.62. The maximum atomic E-state index is 12.3. The smallest absolute Gasteiger partial charge is 0.255 e. The van der Waals surface area contributed by atoms with Crippen LogP contribution in [0.4, 0.5) is 5.69 Å². The lowest BCUT2D eigenvalue weighted by atomic mass is 10.1. The second kappa shape index (κ2) is 9.84. The molecular weight excluding hydrogens is 312 g/mol. The van der Waals surface area contributed by atoms with Gasteiger partial charge in [-0.3, -0.25) is 4.79 Å². The Labute approximate surface area is 150 Å². The van der Waals surface area contributed by atoms with Gasteiger partial charge < -0.3 is 15.0 Å². The van der Waals surface area contributed by atoms with Crippen molar-refractivity contribution in [1.29, 1.82) is 0 Å². The van der Waals surface area contributed by atoms with Gasteiger partial charge in [-0.05, 0) is 68.9 Å². The van der Waals surface area contributed by atoms with E-state index in [1.165, 1.54) is 5.56 Å². The third kappa shape index (κ3) is 6.59. The number of anilines is 1. The summed E-state index contributed by atoms with van der Waals surface area (Å²) in [5, 5.41) is 2.93. The fourth-order valence-electron chi connectivity index (χ4n) is 2.35. The number of likely N-dealkylation sites (N-methyl/N-ethyl adjacent to an activating group) is 1. The van der Waals surface area contributed by atoms with E-state index in [0.717, 1.165) is 37.2 Å². The number of hydrogen-bond acceptors (Lipinski definition) is 3. The molecule has 4 heteroatoms. The van der Waals surface area contributed by atoms with E-state index in [0.29, 0.717) is 12.2 Å². The Morgan fingerprint density at radius 1 is 1.04 bits per heavy atom. The molecule has 1 amide bonds. The number of carbonyl (C=O) groups excluding carboxylic acids is 1. The highest BCUT2D eigenvalue weighted by Crippen LogP contribution is 2.15. The first-order chi connectivity index (χ1) is 12.1. The molecule has 2 rings (SSSR count). The van der Waals surface area contributed by atoms with Crippen LogP contribution in [-0.2, 0) is 6.42 Å². The fourth-order valence-corrected chi connectivity index (χ4v) is 2.35. The van der Waals surface area contributed by atoms with Gasteiger partial charge in [0.25, 0.3) is 5.91 Å². The number of carbonyl (C=O) groups is 1. The van der Waals surface area contributed by atoms with Crippen molar-refractivity contribution in [1.82, 2.24) is 4.90 Å². The van der Waals surface area contributed by atoms with Crippen LogP contribution in [0.15, 0.2) is 48.5 Å². The molecule has 0 saturated heterocycles. The van der Waals surface area contributed by atoms with Gasteiger partial charge in [-0.25, -0.2) is 0 Å². The molecule has 25 heavy (non-hydrogen) atoms. The van der Waals surface area contributed by atoms with Gasteiger partial charge in [-0.2, -0.15) is 0 Å². The lowest BCUT2D eigenvalue weighted by Gasteiger charge is -2.10. The van der Waals surface area contributed by atoms with Crippen LogP contribution in [0.2, 0.25) is 0 Å². The Morgan fingerprint density at radius 3 is 2.32 bits per heavy atom. The quantitative estimate of drug-likeness (QED) is 0.695. The summed E-state index contributed by atoms with van der Waals surface area (Å²) in [6.45, 7) is 3.85. The van der Waals surface area contributed by atoms with Gasteiger partial charge in [0, 0.05) is 17.8 Å². The molecule has 0 aliphatic heterocycles. The molecule has 0 saturated carbocycles. The van der Waals surface area contributed by atoms with Gasteiger partial charge in [-0.1, -0.05) is 25.5 Å². The number of nitrogens with one attached hydrogen (secondary N) is 1. The number of ether oxygens (including phenoxy) is 1. The molecule has 1 N–H and O–H groups in total. The molecule has 134 valence electrons. The number of hydrogen-bond donors (Lipinski definition) is 1. The van der Waals surface area contributed by atoms with Crippen molar-refractivity contribution in [3.63, 3.8) is 0 Å². The van der Waals surface area contributed by atoms with E-state index >= 15 is 0 Å². The van der Waals surface area contributed by atoms with Crippen LogP contribution in [0, 0.1) is 0 Å². The molecule has 0 aromatic heterocycles. The Morgan fingerprint density at radius 2 is 1.72 bits per heavy atom. The van der Waals surface area contributed by atoms with E-state index < -0.39 is 0 Å². The average Bonchev–Trinajstić information content (AvgIpc) is 2.62. The summed E-state index contributed by atoms with van der Waals surface area (Å²) in [4.78, 5) is 14.5. The zero-order chi connectivity index (χ0) is 18.1. The maximum Gasteiger partial charge on any atom is 0.255 e. The van der Waals surface area contributed by atoms with Crippen molar-refractivity contribution in [2.45, 2.75) is 26.2 Å². The molecule has 0 bridgehead atoms. The average molecular weight is 340 g/mol. The van der Waals surface area contributed by atoms with Gasteiger partial charge in [0.05, 0.1) is 6.61 Å². The Bertz CT molecular complexity index is 649. The van der Waals surface area contributed by atoms with Crippen molar-refractivity contribution >= 4 is 11.6 Å². The first-order valence-electron chi connectivity index (χ1n) is 8.86. The minimum atomic E-state index is -0.110. The van der Waals surface area contributed by atoms with Gasteiger partial charge in [0.1, 0.15) is 5.75 Å². The largest absolute Gasteiger partial charge is 0.494 e. The van der Waals surface area contributed by atoms with Crippen LogP contribution in [0.3, 0.4) is 0 Å². The fraction of sp³-hybridized carbons (Fsp3) is 0.381. The van der Waals surface area contributed by atoms with E-state index in [9.17, 15) is 4.79 Å². The predicted octanol–water partition coefficient (Wildman–Crippen LogP) is 4.22. The summed E-state index contributed by atoms with van der Waals surface area (Å²) in [5.41, 5.74) is 2.70. The van der Waals surface area contributed by atoms with Crippen LogP contribution >= 0.6 is 0 Å². The summed E-state index contributed by atoms with van der Waals surface area (Å²) in [6.07, 6.45) is 3.14. The first-order valence-corrected chi connectivity index (χ1v) is 8.86. The molecule has 0 atom stereocenters. The summed E-state index contributed by atoms with van der Waals surface area (Å²) >= 11 is 0. The second-order valence-electron chi connectivity index (χ2n) is 6.43. The molecule has 0 fully saturated rings. The van der Waals surface area contributed by atoms with Crippen molar-refractivity contribution in [2.75, 3.05) is 32.6 Å². The molecule has 2 aromatic carbocycles. The van der Waals surface area contributed by atoms with Crippen molar-refractivity contribution in [2.24, 2.45) is 0 Å². The number of benzene rings is 2. The molecule has 0 unspecified atom stereocenters. The molecule has 0 heterocycles. The van der Waals surface area contributed by atoms with Crippen LogP contribution in [0.25, 0.3) is 0 Å². The molecule has 0 aliphatic rings. The van der Waals surface area contributed by atoms with E-state index in [1.807, 2.05) is 24.3 Å². The third-order valence-electron chi connectivity index (χ3n) is 3.94. The molecular formula is C21H28N2O2. The van der Waals surface area contributed by atoms with Crippen molar-refractivity contribution in [3.8, 4) is 5.75 Å². The Hall–Kier alpha value is -2.33. The highest BCUT2D eigenvalue weighted by atomic mass is 16.5. The minimum Gasteiger partial charge on any atom is -0.494 e. The number of amides is 1. The lowest BCUT2D eigenvalue weighted by molar-refractivity contribution is 0.102. The summed E-state index contributed by atoms with van der Waals surface area (Å²) in [7, 11) is 4.13. The number of nitrogens with zero attached hydrogens (tertiary/aromatic N) is 1. The van der Waals surface area contributed by atoms with Gasteiger partial charge >= 0.3 is 0 Å². The van der Waals surface area contributed by atoms with Crippen LogP contribution in [-0.4, -0.2) is 38.1 Å². The first kappa shape index (κ1) is 19.0. The van der Waals surface area contributed by atoms with E-state index in [1.54, 1.807) is 12.1 Å². The zero-order valence-corrected chi connectivity index (χ0v) is 15.4. The predicted molar refractivity (Wildman–Crippen MR) is 103 cm³/mol. The second-order valence-corrected chi connectivity index (χ2v) is 6.43. The number of unbranched alkanes of at least 4 members (excludes halogenated alkanes) is 1. The highest BCUT2D eigenvalue weighted by molar-refractivity contribution is 6.04. The topological polar surface area (TPSA) is 41.6 Å². The molecule has 0 radical (unpaired) electrons. The molecule has 0 aliphatic carbocycles. The Balaban J connectivity index is 1.88. The van der Waals surface area contributed by atoms with Gasteiger partial charge in [0.15, 0.2) is 0 Å². The summed E-state index contributed by atoms with van der Waals surface area (Å²) in [6, 6.07) is 15.3. The Kier molecular flexibility index (Phi) is 7.48. The zero-order valence-electron chi connectivity index (χ0n) is 15.4. The van der Waals surface area contributed by atoms with Crippen LogP contribution < -0.4 is 10.1 Å². The third-order valence-corrected chi connectivity index (χ3v) is 3.94. The van der Waals surface area contributed by atoms with Gasteiger partial charge in [0.2, 0.25) is 0 Å².